The van der Waals surface area contributed by atoms with Crippen LogP contribution in [0, 0.1) is 11.8 Å². The lowest BCUT2D eigenvalue weighted by molar-refractivity contribution is -0.149. The number of esters is 1. The van der Waals surface area contributed by atoms with E-state index >= 15 is 0 Å². The molecule has 210 valence electrons. The highest BCUT2D eigenvalue weighted by atomic mass is 16.5. The molecule has 0 aliphatic carbocycles. The molecule has 0 aromatic rings. The van der Waals surface area contributed by atoms with Crippen molar-refractivity contribution in [3.63, 3.8) is 0 Å². The van der Waals surface area contributed by atoms with Crippen LogP contribution in [0.2, 0.25) is 0 Å². The minimum absolute atomic E-state index is 0.0365. The van der Waals surface area contributed by atoms with Crippen molar-refractivity contribution in [2.75, 3.05) is 6.61 Å². The lowest BCUT2D eigenvalue weighted by Crippen LogP contribution is -2.19. The zero-order valence-electron chi connectivity index (χ0n) is 24.9. The van der Waals surface area contributed by atoms with E-state index in [0.29, 0.717) is 12.5 Å². The number of hydrogen-bond acceptors (Lipinski definition) is 2. The second-order valence-electron chi connectivity index (χ2n) is 11.5. The average molecular weight is 495 g/mol. The van der Waals surface area contributed by atoms with Gasteiger partial charge < -0.3 is 4.74 Å². The third-order valence-corrected chi connectivity index (χ3v) is 7.79. The molecule has 0 bridgehead atoms. The molecule has 2 unspecified atom stereocenters. The molecule has 2 atom stereocenters. The van der Waals surface area contributed by atoms with Crippen LogP contribution in [0.5, 0.6) is 0 Å². The summed E-state index contributed by atoms with van der Waals surface area (Å²) in [5, 5.41) is 0. The van der Waals surface area contributed by atoms with Crippen LogP contribution in [0.3, 0.4) is 0 Å². The van der Waals surface area contributed by atoms with Gasteiger partial charge >= 0.3 is 5.97 Å². The first kappa shape index (κ1) is 34.5. The normalized spacial score (nSPS) is 13.1. The molecule has 0 aliphatic heterocycles. The minimum Gasteiger partial charge on any atom is -0.465 e. The number of unbranched alkanes of at least 4 members (excludes halogenated alkanes) is 19. The van der Waals surface area contributed by atoms with Crippen molar-refractivity contribution in [1.29, 1.82) is 0 Å². The molecular formula is C33H66O2. The van der Waals surface area contributed by atoms with Crippen LogP contribution in [0.1, 0.15) is 188 Å². The Morgan fingerprint density at radius 3 is 1.20 bits per heavy atom. The van der Waals surface area contributed by atoms with Crippen LogP contribution in [0.15, 0.2) is 0 Å². The average Bonchev–Trinajstić information content (AvgIpc) is 2.87. The van der Waals surface area contributed by atoms with Crippen molar-refractivity contribution < 1.29 is 9.53 Å². The van der Waals surface area contributed by atoms with E-state index in [1.165, 1.54) is 141 Å². The Morgan fingerprint density at radius 2 is 0.829 bits per heavy atom. The molecule has 0 heterocycles. The van der Waals surface area contributed by atoms with Gasteiger partial charge in [0, 0.05) is 0 Å². The Balaban J connectivity index is 4.05. The molecule has 0 fully saturated rings. The smallest absolute Gasteiger partial charge is 0.308 e. The molecule has 0 aromatic heterocycles. The van der Waals surface area contributed by atoms with Crippen LogP contribution in [0.4, 0.5) is 0 Å². The zero-order valence-corrected chi connectivity index (χ0v) is 24.9. The third kappa shape index (κ3) is 24.9. The fraction of sp³-hybridized carbons (Fsp3) is 0.970. The molecule has 0 amide bonds. The van der Waals surface area contributed by atoms with Crippen molar-refractivity contribution in [3.05, 3.63) is 0 Å². The lowest BCUT2D eigenvalue weighted by atomic mass is 9.94. The highest BCUT2D eigenvalue weighted by molar-refractivity contribution is 5.71. The van der Waals surface area contributed by atoms with Crippen LogP contribution < -0.4 is 0 Å². The fourth-order valence-corrected chi connectivity index (χ4v) is 5.12. The Kier molecular flexibility index (Phi) is 27.6. The first-order chi connectivity index (χ1) is 17.2. The Morgan fingerprint density at radius 1 is 0.486 bits per heavy atom. The zero-order chi connectivity index (χ0) is 25.8. The van der Waals surface area contributed by atoms with Crippen LogP contribution in [0.25, 0.3) is 0 Å². The number of hydrogen-bond donors (Lipinski definition) is 0. The summed E-state index contributed by atoms with van der Waals surface area (Å²) in [6, 6.07) is 0. The molecule has 0 N–H and O–H groups in total. The third-order valence-electron chi connectivity index (χ3n) is 7.79. The summed E-state index contributed by atoms with van der Waals surface area (Å²) >= 11 is 0. The van der Waals surface area contributed by atoms with Gasteiger partial charge in [0.25, 0.3) is 0 Å². The van der Waals surface area contributed by atoms with E-state index in [1.807, 2.05) is 6.92 Å². The maximum Gasteiger partial charge on any atom is 0.308 e. The van der Waals surface area contributed by atoms with Crippen molar-refractivity contribution in [1.82, 2.24) is 0 Å². The van der Waals surface area contributed by atoms with Gasteiger partial charge in [0.05, 0.1) is 12.5 Å². The highest BCUT2D eigenvalue weighted by Crippen LogP contribution is 2.21. The molecule has 0 spiro atoms. The Labute approximate surface area is 222 Å². The molecule has 2 nitrogen and oxygen atoms in total. The molecule has 35 heavy (non-hydrogen) atoms. The maximum absolute atomic E-state index is 12.4. The van der Waals surface area contributed by atoms with Gasteiger partial charge in [-0.1, -0.05) is 169 Å². The Bertz CT molecular complexity index is 419. The van der Waals surface area contributed by atoms with Gasteiger partial charge in [-0.05, 0) is 25.2 Å². The summed E-state index contributed by atoms with van der Waals surface area (Å²) in [5.74, 6) is 0.667. The largest absolute Gasteiger partial charge is 0.465 e. The van der Waals surface area contributed by atoms with Gasteiger partial charge in [-0.25, -0.2) is 0 Å². The summed E-state index contributed by atoms with van der Waals surface area (Å²) in [6.45, 7) is 9.46. The molecule has 0 saturated heterocycles. The van der Waals surface area contributed by atoms with Crippen LogP contribution in [-0.4, -0.2) is 12.6 Å². The Hall–Kier alpha value is -0.530. The van der Waals surface area contributed by atoms with E-state index < -0.39 is 0 Å². The molecular weight excluding hydrogens is 428 g/mol. The maximum atomic E-state index is 12.4. The van der Waals surface area contributed by atoms with Gasteiger partial charge in [0.1, 0.15) is 0 Å². The summed E-state index contributed by atoms with van der Waals surface area (Å²) in [4.78, 5) is 12.4. The fourth-order valence-electron chi connectivity index (χ4n) is 5.12. The number of carbonyl (C=O) groups is 1. The monoisotopic (exact) mass is 495 g/mol. The van der Waals surface area contributed by atoms with Crippen LogP contribution >= 0.6 is 0 Å². The summed E-state index contributed by atoms with van der Waals surface area (Å²) < 4.78 is 5.81. The predicted octanol–water partition coefficient (Wildman–Crippen LogP) is 11.6. The second-order valence-corrected chi connectivity index (χ2v) is 11.5. The topological polar surface area (TPSA) is 26.3 Å². The van der Waals surface area contributed by atoms with E-state index in [2.05, 4.69) is 20.8 Å². The van der Waals surface area contributed by atoms with Gasteiger partial charge in [-0.3, -0.25) is 4.79 Å². The van der Waals surface area contributed by atoms with Crippen molar-refractivity contribution in [2.45, 2.75) is 188 Å². The predicted molar refractivity (Wildman–Crippen MR) is 156 cm³/mol. The number of carbonyl (C=O) groups excluding carboxylic acids is 1. The van der Waals surface area contributed by atoms with Gasteiger partial charge in [-0.2, -0.15) is 0 Å². The molecule has 2 heteroatoms. The van der Waals surface area contributed by atoms with Gasteiger partial charge in [-0.15, -0.1) is 0 Å². The number of rotatable bonds is 28. The molecule has 0 aromatic carbocycles. The van der Waals surface area contributed by atoms with Crippen LogP contribution in [-0.2, 0) is 9.53 Å². The lowest BCUT2D eigenvalue weighted by Gasteiger charge is -2.19. The molecule has 0 saturated carbocycles. The summed E-state index contributed by atoms with van der Waals surface area (Å²) in [6.07, 6.45) is 33.5. The van der Waals surface area contributed by atoms with E-state index in [-0.39, 0.29) is 11.9 Å². The first-order valence-electron chi connectivity index (χ1n) is 16.3. The van der Waals surface area contributed by atoms with Crippen molar-refractivity contribution in [2.24, 2.45) is 11.8 Å². The minimum atomic E-state index is 0.0365. The molecule has 0 aliphatic rings. The second kappa shape index (κ2) is 28.0. The van der Waals surface area contributed by atoms with Gasteiger partial charge in [0.2, 0.25) is 0 Å². The highest BCUT2D eigenvalue weighted by Gasteiger charge is 2.17. The van der Waals surface area contributed by atoms with Gasteiger partial charge in [0.15, 0.2) is 0 Å². The molecule has 0 radical (unpaired) electrons. The standard InChI is InChI=1S/C33H66O2/c1-5-8-11-13-15-17-18-20-22-24-26-29-32(30-35-33(34)31(4)27-10-7-3)28-25-23-21-19-16-14-12-9-6-2/h31-32H,5-30H2,1-4H3. The summed E-state index contributed by atoms with van der Waals surface area (Å²) in [5.41, 5.74) is 0. The summed E-state index contributed by atoms with van der Waals surface area (Å²) in [7, 11) is 0. The quantitative estimate of drug-likeness (QED) is 0.0798. The molecule has 0 rings (SSSR count). The number of ether oxygens (including phenoxy) is 1. The van der Waals surface area contributed by atoms with Crippen molar-refractivity contribution in [3.8, 4) is 0 Å². The van der Waals surface area contributed by atoms with Crippen molar-refractivity contribution >= 4 is 5.97 Å². The van der Waals surface area contributed by atoms with E-state index in [0.717, 1.165) is 19.3 Å². The SMILES string of the molecule is CCCCCCCCCCCCCC(CCCCCCCCCCC)COC(=O)C(C)CCCC. The van der Waals surface area contributed by atoms with E-state index in [1.54, 1.807) is 0 Å². The van der Waals surface area contributed by atoms with E-state index in [9.17, 15) is 4.79 Å². The first-order valence-corrected chi connectivity index (χ1v) is 16.3. The van der Waals surface area contributed by atoms with E-state index in [4.69, 9.17) is 4.74 Å².